The Morgan fingerprint density at radius 2 is 1.75 bits per heavy atom. The maximum absolute atomic E-state index is 9.81. The van der Waals surface area contributed by atoms with Gasteiger partial charge < -0.3 is 10.4 Å². The van der Waals surface area contributed by atoms with Crippen molar-refractivity contribution in [2.24, 2.45) is 0 Å². The number of rotatable bonds is 5. The van der Waals surface area contributed by atoms with Gasteiger partial charge in [0, 0.05) is 29.1 Å². The van der Waals surface area contributed by atoms with Gasteiger partial charge in [0.25, 0.3) is 0 Å². The summed E-state index contributed by atoms with van der Waals surface area (Å²) in [5, 5.41) is 13.8. The molecule has 0 saturated carbocycles. The summed E-state index contributed by atoms with van der Waals surface area (Å²) in [5.41, 5.74) is 2.06. The van der Waals surface area contributed by atoms with Crippen LogP contribution in [0.4, 0.5) is 0 Å². The molecule has 0 saturated heterocycles. The maximum atomic E-state index is 9.81. The van der Waals surface area contributed by atoms with Crippen LogP contribution in [0.2, 0.25) is 5.02 Å². The molecule has 0 aliphatic carbocycles. The molecule has 0 aliphatic rings. The zero-order chi connectivity index (χ0) is 14.6. The van der Waals surface area contributed by atoms with Crippen LogP contribution in [-0.4, -0.2) is 11.7 Å². The van der Waals surface area contributed by atoms with E-state index in [1.807, 2.05) is 6.07 Å². The lowest BCUT2D eigenvalue weighted by Gasteiger charge is -2.26. The number of hydrogen-bond acceptors (Lipinski definition) is 2. The molecule has 0 heterocycles. The van der Waals surface area contributed by atoms with Crippen molar-refractivity contribution in [1.29, 1.82) is 0 Å². The lowest BCUT2D eigenvalue weighted by Crippen LogP contribution is -2.32. The molecule has 0 bridgehead atoms. The minimum absolute atomic E-state index is 0.0259. The smallest absolute Gasteiger partial charge is 0.121 e. The van der Waals surface area contributed by atoms with E-state index in [1.54, 1.807) is 18.2 Å². The molecular formula is C17H20ClNO. The molecule has 0 aliphatic heterocycles. The molecule has 0 amide bonds. The molecule has 0 fully saturated rings. The van der Waals surface area contributed by atoms with Crippen LogP contribution in [0.3, 0.4) is 0 Å². The van der Waals surface area contributed by atoms with Gasteiger partial charge in [0.1, 0.15) is 5.75 Å². The molecule has 106 valence electrons. The van der Waals surface area contributed by atoms with E-state index in [0.29, 0.717) is 11.6 Å². The van der Waals surface area contributed by atoms with Crippen molar-refractivity contribution in [3.05, 3.63) is 64.7 Å². The molecular weight excluding hydrogens is 270 g/mol. The van der Waals surface area contributed by atoms with Gasteiger partial charge in [-0.2, -0.15) is 0 Å². The Bertz CT molecular complexity index is 546. The van der Waals surface area contributed by atoms with Crippen LogP contribution in [0.15, 0.2) is 48.5 Å². The Labute approximate surface area is 125 Å². The molecule has 0 radical (unpaired) electrons. The summed E-state index contributed by atoms with van der Waals surface area (Å²) in [7, 11) is 0. The first-order valence-corrected chi connectivity index (χ1v) is 7.11. The third-order valence-corrected chi connectivity index (χ3v) is 3.87. The number of phenols is 1. The largest absolute Gasteiger partial charge is 0.508 e. The number of aromatic hydroxyl groups is 1. The zero-order valence-electron chi connectivity index (χ0n) is 11.9. The molecule has 2 aromatic rings. The van der Waals surface area contributed by atoms with Crippen molar-refractivity contribution >= 4 is 11.6 Å². The van der Waals surface area contributed by atoms with Gasteiger partial charge in [0.2, 0.25) is 0 Å². The van der Waals surface area contributed by atoms with Gasteiger partial charge in [-0.25, -0.2) is 0 Å². The first-order valence-electron chi connectivity index (χ1n) is 6.73. The van der Waals surface area contributed by atoms with Crippen LogP contribution in [0.1, 0.15) is 25.0 Å². The van der Waals surface area contributed by atoms with E-state index < -0.39 is 0 Å². The number of nitrogens with one attached hydrogen (secondary N) is 1. The van der Waals surface area contributed by atoms with Crippen molar-refractivity contribution in [3.63, 3.8) is 0 Å². The predicted octanol–water partition coefficient (Wildman–Crippen LogP) is 4.11. The second kappa shape index (κ2) is 6.29. The van der Waals surface area contributed by atoms with Gasteiger partial charge in [0.15, 0.2) is 0 Å². The number of hydrogen-bond donors (Lipinski definition) is 2. The van der Waals surface area contributed by atoms with Crippen molar-refractivity contribution in [2.75, 3.05) is 6.54 Å². The highest BCUT2D eigenvalue weighted by atomic mass is 35.5. The van der Waals surface area contributed by atoms with Crippen LogP contribution in [0.5, 0.6) is 5.75 Å². The van der Waals surface area contributed by atoms with E-state index in [9.17, 15) is 5.11 Å². The minimum Gasteiger partial charge on any atom is -0.508 e. The van der Waals surface area contributed by atoms with Gasteiger partial charge in [-0.3, -0.25) is 0 Å². The van der Waals surface area contributed by atoms with Crippen molar-refractivity contribution in [2.45, 2.75) is 25.8 Å². The molecule has 0 aromatic heterocycles. The fourth-order valence-electron chi connectivity index (χ4n) is 2.21. The fourth-order valence-corrected chi connectivity index (χ4v) is 2.45. The van der Waals surface area contributed by atoms with E-state index >= 15 is 0 Å². The Morgan fingerprint density at radius 1 is 1.05 bits per heavy atom. The van der Waals surface area contributed by atoms with Gasteiger partial charge in [-0.15, -0.1) is 0 Å². The first-order chi connectivity index (χ1) is 9.50. The Balaban J connectivity index is 1.99. The number of halogens is 1. The Kier molecular flexibility index (Phi) is 4.69. The summed E-state index contributed by atoms with van der Waals surface area (Å²) in [6, 6.07) is 15.6. The summed E-state index contributed by atoms with van der Waals surface area (Å²) >= 11 is 6.10. The summed E-state index contributed by atoms with van der Waals surface area (Å²) in [4.78, 5) is 0. The zero-order valence-corrected chi connectivity index (χ0v) is 12.6. The molecule has 2 N–H and O–H groups in total. The summed E-state index contributed by atoms with van der Waals surface area (Å²) in [6.07, 6.45) is 0. The second-order valence-electron chi connectivity index (χ2n) is 5.59. The molecule has 2 rings (SSSR count). The van der Waals surface area contributed by atoms with E-state index in [-0.39, 0.29) is 11.2 Å². The minimum atomic E-state index is 0.0259. The predicted molar refractivity (Wildman–Crippen MR) is 84.3 cm³/mol. The monoisotopic (exact) mass is 289 g/mol. The van der Waals surface area contributed by atoms with Crippen LogP contribution >= 0.6 is 11.6 Å². The van der Waals surface area contributed by atoms with Crippen LogP contribution in [0.25, 0.3) is 0 Å². The highest BCUT2D eigenvalue weighted by molar-refractivity contribution is 6.31. The topological polar surface area (TPSA) is 32.3 Å². The van der Waals surface area contributed by atoms with Gasteiger partial charge in [0.05, 0.1) is 0 Å². The molecule has 3 heteroatoms. The third-order valence-electron chi connectivity index (χ3n) is 3.52. The SMILES string of the molecule is CC(C)(CNCc1c(O)cccc1Cl)c1ccccc1. The number of benzene rings is 2. The second-order valence-corrected chi connectivity index (χ2v) is 6.00. The molecule has 20 heavy (non-hydrogen) atoms. The van der Waals surface area contributed by atoms with Gasteiger partial charge >= 0.3 is 0 Å². The average molecular weight is 290 g/mol. The fraction of sp³-hybridized carbons (Fsp3) is 0.294. The molecule has 0 spiro atoms. The maximum Gasteiger partial charge on any atom is 0.121 e. The summed E-state index contributed by atoms with van der Waals surface area (Å²) < 4.78 is 0. The van der Waals surface area contributed by atoms with Crippen molar-refractivity contribution in [3.8, 4) is 5.75 Å². The van der Waals surface area contributed by atoms with Crippen LogP contribution < -0.4 is 5.32 Å². The van der Waals surface area contributed by atoms with Crippen LogP contribution in [0, 0.1) is 0 Å². The lowest BCUT2D eigenvalue weighted by molar-refractivity contribution is 0.446. The summed E-state index contributed by atoms with van der Waals surface area (Å²) in [6.45, 7) is 5.76. The third kappa shape index (κ3) is 3.53. The van der Waals surface area contributed by atoms with E-state index in [1.165, 1.54) is 5.56 Å². The van der Waals surface area contributed by atoms with Crippen molar-refractivity contribution < 1.29 is 5.11 Å². The van der Waals surface area contributed by atoms with E-state index in [2.05, 4.69) is 43.4 Å². The first kappa shape index (κ1) is 14.9. The summed E-state index contributed by atoms with van der Waals surface area (Å²) in [5.74, 6) is 0.238. The van der Waals surface area contributed by atoms with Gasteiger partial charge in [-0.1, -0.05) is 61.8 Å². The highest BCUT2D eigenvalue weighted by Crippen LogP contribution is 2.26. The number of phenolic OH excluding ortho intramolecular Hbond substituents is 1. The van der Waals surface area contributed by atoms with Crippen molar-refractivity contribution in [1.82, 2.24) is 5.32 Å². The Morgan fingerprint density at radius 3 is 2.40 bits per heavy atom. The molecule has 2 nitrogen and oxygen atoms in total. The normalized spacial score (nSPS) is 11.6. The van der Waals surface area contributed by atoms with E-state index in [0.717, 1.165) is 12.1 Å². The molecule has 0 atom stereocenters. The standard InChI is InChI=1S/C17H20ClNO/c1-17(2,13-7-4-3-5-8-13)12-19-11-14-15(18)9-6-10-16(14)20/h3-10,19-20H,11-12H2,1-2H3. The highest BCUT2D eigenvalue weighted by Gasteiger charge is 2.19. The lowest BCUT2D eigenvalue weighted by atomic mass is 9.84. The van der Waals surface area contributed by atoms with E-state index in [4.69, 9.17) is 11.6 Å². The molecule has 0 unspecified atom stereocenters. The molecule has 2 aromatic carbocycles. The van der Waals surface area contributed by atoms with Gasteiger partial charge in [-0.05, 0) is 17.7 Å². The average Bonchev–Trinajstić information content (AvgIpc) is 2.43. The van der Waals surface area contributed by atoms with Crippen LogP contribution in [-0.2, 0) is 12.0 Å². The Hall–Kier alpha value is -1.51. The quantitative estimate of drug-likeness (QED) is 0.868.